The van der Waals surface area contributed by atoms with Crippen molar-refractivity contribution in [2.45, 2.75) is 91.8 Å². The first-order valence-electron chi connectivity index (χ1n) is 14.4. The Bertz CT molecular complexity index is 1310. The molecule has 1 heterocycles. The van der Waals surface area contributed by atoms with Crippen molar-refractivity contribution >= 4 is 12.2 Å². The van der Waals surface area contributed by atoms with Crippen LogP contribution in [-0.2, 0) is 12.8 Å². The summed E-state index contributed by atoms with van der Waals surface area (Å²) < 4.78 is 42.1. The minimum atomic E-state index is -0.540. The number of hydrogen-bond acceptors (Lipinski definition) is 3. The Balaban J connectivity index is 1.55. The average molecular weight is 551 g/mol. The number of allylic oxidation sites excluding steroid dienone is 4. The largest absolute Gasteiger partial charge is 0.493 e. The number of methoxy groups -OCH3 is 1. The molecule has 1 fully saturated rings. The first-order valence-corrected chi connectivity index (χ1v) is 14.4. The van der Waals surface area contributed by atoms with E-state index in [1.165, 1.54) is 17.7 Å². The summed E-state index contributed by atoms with van der Waals surface area (Å²) in [5.41, 5.74) is 4.14. The molecule has 0 radical (unpaired) electrons. The van der Waals surface area contributed by atoms with Crippen LogP contribution in [0.15, 0.2) is 47.6 Å². The number of hydrogen-bond donors (Lipinski definition) is 1. The number of fused-ring (bicyclic) bond motifs is 2. The zero-order valence-corrected chi connectivity index (χ0v) is 25.0. The van der Waals surface area contributed by atoms with E-state index in [2.05, 4.69) is 46.8 Å². The van der Waals surface area contributed by atoms with Gasteiger partial charge >= 0.3 is 0 Å². The normalized spacial score (nSPS) is 23.8. The van der Waals surface area contributed by atoms with Gasteiger partial charge in [0.2, 0.25) is 0 Å². The van der Waals surface area contributed by atoms with E-state index < -0.39 is 11.6 Å². The van der Waals surface area contributed by atoms with Crippen molar-refractivity contribution in [2.24, 2.45) is 11.3 Å². The van der Waals surface area contributed by atoms with Gasteiger partial charge in [0.15, 0.2) is 11.5 Å². The highest BCUT2D eigenvalue weighted by Crippen LogP contribution is 2.55. The van der Waals surface area contributed by atoms with Crippen LogP contribution in [-0.4, -0.2) is 23.9 Å². The third-order valence-corrected chi connectivity index (χ3v) is 8.92. The van der Waals surface area contributed by atoms with Crippen LogP contribution < -0.4 is 9.47 Å². The Morgan fingerprint density at radius 3 is 2.30 bits per heavy atom. The molecule has 2 aromatic rings. The van der Waals surface area contributed by atoms with Crippen molar-refractivity contribution < 1.29 is 23.4 Å². The topological polar surface area (TPSA) is 38.7 Å². The highest BCUT2D eigenvalue weighted by Gasteiger charge is 2.54. The molecule has 3 nitrogen and oxygen atoms in total. The van der Waals surface area contributed by atoms with Gasteiger partial charge in [-0.25, -0.2) is 8.78 Å². The van der Waals surface area contributed by atoms with Crippen LogP contribution in [0, 0.1) is 23.0 Å². The Morgan fingerprint density at radius 1 is 1.02 bits per heavy atom. The summed E-state index contributed by atoms with van der Waals surface area (Å²) in [4.78, 5) is 0. The molecule has 40 heavy (non-hydrogen) atoms. The second-order valence-electron chi connectivity index (χ2n) is 12.6. The number of aliphatic hydroxyl groups is 1. The minimum absolute atomic E-state index is 0.0895. The van der Waals surface area contributed by atoms with Crippen LogP contribution in [0.2, 0.25) is 0 Å². The fourth-order valence-electron chi connectivity index (χ4n) is 6.31. The van der Waals surface area contributed by atoms with E-state index in [4.69, 9.17) is 9.47 Å². The molecule has 0 bridgehead atoms. The van der Waals surface area contributed by atoms with Gasteiger partial charge in [0.1, 0.15) is 17.2 Å². The molecular weight excluding hydrogens is 506 g/mol. The highest BCUT2D eigenvalue weighted by molar-refractivity contribution is 5.72. The van der Waals surface area contributed by atoms with E-state index in [1.807, 2.05) is 25.1 Å². The lowest BCUT2D eigenvalue weighted by atomic mass is 9.57. The van der Waals surface area contributed by atoms with Crippen LogP contribution in [0.1, 0.15) is 89.5 Å². The van der Waals surface area contributed by atoms with Gasteiger partial charge in [-0.1, -0.05) is 49.3 Å². The summed E-state index contributed by atoms with van der Waals surface area (Å²) in [6.07, 6.45) is 11.6. The second-order valence-corrected chi connectivity index (χ2v) is 12.6. The molecule has 0 unspecified atom stereocenters. The molecule has 4 rings (SSSR count). The van der Waals surface area contributed by atoms with Crippen molar-refractivity contribution in [3.63, 3.8) is 0 Å². The Hall–Kier alpha value is -2.92. The quantitative estimate of drug-likeness (QED) is 0.264. The van der Waals surface area contributed by atoms with Gasteiger partial charge in [-0.2, -0.15) is 0 Å². The van der Waals surface area contributed by atoms with Crippen LogP contribution in [0.25, 0.3) is 12.2 Å². The van der Waals surface area contributed by atoms with E-state index in [0.717, 1.165) is 48.1 Å². The molecule has 1 aliphatic heterocycles. The van der Waals surface area contributed by atoms with Gasteiger partial charge in [0.05, 0.1) is 13.2 Å². The molecule has 2 aliphatic rings. The first kappa shape index (κ1) is 30.0. The average Bonchev–Trinajstić information content (AvgIpc) is 2.88. The maximum Gasteiger partial charge on any atom is 0.165 e. The Morgan fingerprint density at radius 2 is 1.68 bits per heavy atom. The predicted molar refractivity (Wildman–Crippen MR) is 160 cm³/mol. The lowest BCUT2D eigenvalue weighted by Gasteiger charge is -2.55. The standard InChI is InChI=1S/C35H44F2O3/c1-22(2)9-8-10-23(3)11-14-27-28(36)18-25(19-29(27)37)13-12-24-17-26-21-31-34(4,5)32(38)15-16-35(31,6)40-33(26)30(20-24)39-7/h9,11-13,17-20,31-32,38H,8,10,14-16,21H2,1-7H3/t31-,32-,35-/m1/s1. The van der Waals surface area contributed by atoms with Crippen molar-refractivity contribution in [3.05, 3.63) is 81.5 Å². The van der Waals surface area contributed by atoms with Crippen molar-refractivity contribution in [1.82, 2.24) is 0 Å². The number of rotatable bonds is 8. The Labute approximate surface area is 238 Å². The monoisotopic (exact) mass is 550 g/mol. The van der Waals surface area contributed by atoms with Gasteiger partial charge in [0.25, 0.3) is 0 Å². The lowest BCUT2D eigenvalue weighted by molar-refractivity contribution is -0.138. The van der Waals surface area contributed by atoms with Gasteiger partial charge in [-0.05, 0) is 113 Å². The van der Waals surface area contributed by atoms with Crippen LogP contribution in [0.5, 0.6) is 11.5 Å². The summed E-state index contributed by atoms with van der Waals surface area (Å²) in [6, 6.07) is 6.72. The molecule has 0 saturated heterocycles. The highest BCUT2D eigenvalue weighted by atomic mass is 19.1. The SMILES string of the molecule is COc1cc(C=Cc2cc(F)c(CC=C(C)CCC=C(C)C)c(F)c2)cc2c1O[C@]1(C)CC[C@@H](O)C(C)(C)[C@H]1C2. The van der Waals surface area contributed by atoms with E-state index >= 15 is 0 Å². The van der Waals surface area contributed by atoms with Crippen molar-refractivity contribution in [1.29, 1.82) is 0 Å². The first-order chi connectivity index (χ1) is 18.8. The molecule has 1 saturated carbocycles. The molecule has 0 aromatic heterocycles. The molecule has 1 N–H and O–H groups in total. The van der Waals surface area contributed by atoms with Gasteiger partial charge in [-0.15, -0.1) is 0 Å². The van der Waals surface area contributed by atoms with Crippen molar-refractivity contribution in [3.8, 4) is 11.5 Å². The fraction of sp³-hybridized carbons (Fsp3) is 0.486. The third kappa shape index (κ3) is 6.35. The predicted octanol–water partition coefficient (Wildman–Crippen LogP) is 8.87. The molecule has 1 aliphatic carbocycles. The van der Waals surface area contributed by atoms with Crippen LogP contribution >= 0.6 is 0 Å². The van der Waals surface area contributed by atoms with Crippen molar-refractivity contribution in [2.75, 3.05) is 7.11 Å². The summed E-state index contributed by atoms with van der Waals surface area (Å²) in [5, 5.41) is 10.7. The van der Waals surface area contributed by atoms with E-state index in [1.54, 1.807) is 13.2 Å². The van der Waals surface area contributed by atoms with E-state index in [9.17, 15) is 13.9 Å². The zero-order valence-electron chi connectivity index (χ0n) is 25.0. The van der Waals surface area contributed by atoms with Gasteiger partial charge in [0, 0.05) is 11.5 Å². The van der Waals surface area contributed by atoms with Gasteiger partial charge < -0.3 is 14.6 Å². The maximum absolute atomic E-state index is 14.9. The molecule has 5 heteroatoms. The lowest BCUT2D eigenvalue weighted by Crippen LogP contribution is -2.58. The summed E-state index contributed by atoms with van der Waals surface area (Å²) >= 11 is 0. The molecular formula is C35H44F2O3. The molecule has 0 amide bonds. The third-order valence-electron chi connectivity index (χ3n) is 8.92. The maximum atomic E-state index is 14.9. The summed E-state index contributed by atoms with van der Waals surface area (Å²) in [7, 11) is 1.62. The number of ether oxygens (including phenoxy) is 2. The number of aliphatic hydroxyl groups excluding tert-OH is 1. The Kier molecular flexibility index (Phi) is 8.94. The molecule has 216 valence electrons. The molecule has 0 spiro atoms. The van der Waals surface area contributed by atoms with E-state index in [-0.39, 0.29) is 35.0 Å². The summed E-state index contributed by atoms with van der Waals surface area (Å²) in [6.45, 7) is 12.5. The molecule has 3 atom stereocenters. The number of benzene rings is 2. The second kappa shape index (κ2) is 11.9. The number of halogens is 2. The van der Waals surface area contributed by atoms with Crippen LogP contribution in [0.3, 0.4) is 0 Å². The van der Waals surface area contributed by atoms with Gasteiger partial charge in [-0.3, -0.25) is 0 Å². The smallest absolute Gasteiger partial charge is 0.165 e. The van der Waals surface area contributed by atoms with E-state index in [0.29, 0.717) is 17.7 Å². The zero-order chi connectivity index (χ0) is 29.2. The molecule has 2 aromatic carbocycles. The minimum Gasteiger partial charge on any atom is -0.493 e. The summed E-state index contributed by atoms with van der Waals surface area (Å²) in [5.74, 6) is 0.445. The fourth-order valence-corrected chi connectivity index (χ4v) is 6.31. The van der Waals surface area contributed by atoms with Crippen LogP contribution in [0.4, 0.5) is 8.78 Å².